The summed E-state index contributed by atoms with van der Waals surface area (Å²) < 4.78 is 14.1. The van der Waals surface area contributed by atoms with E-state index in [-0.39, 0.29) is 23.8 Å². The van der Waals surface area contributed by atoms with E-state index >= 15 is 0 Å². The monoisotopic (exact) mass is 436 g/mol. The zero-order chi connectivity index (χ0) is 22.2. The molecular weight excluding hydrogens is 407 g/mol. The lowest BCUT2D eigenvalue weighted by molar-refractivity contribution is 0.0659. The van der Waals surface area contributed by atoms with Crippen LogP contribution in [0.15, 0.2) is 42.5 Å². The van der Waals surface area contributed by atoms with Crippen molar-refractivity contribution in [3.8, 4) is 0 Å². The van der Waals surface area contributed by atoms with E-state index in [0.717, 1.165) is 37.9 Å². The molecule has 0 aliphatic carbocycles. The van der Waals surface area contributed by atoms with Crippen LogP contribution in [0, 0.1) is 5.82 Å². The number of carbonyl (C=O) groups excluding carboxylic acids is 2. The van der Waals surface area contributed by atoms with Crippen molar-refractivity contribution in [1.29, 1.82) is 0 Å². The van der Waals surface area contributed by atoms with Crippen LogP contribution in [0.2, 0.25) is 0 Å². The van der Waals surface area contributed by atoms with Gasteiger partial charge in [-0.3, -0.25) is 9.59 Å². The Morgan fingerprint density at radius 3 is 2.50 bits per heavy atom. The van der Waals surface area contributed by atoms with Gasteiger partial charge in [0.2, 0.25) is 0 Å². The van der Waals surface area contributed by atoms with E-state index in [1.54, 1.807) is 24.3 Å². The second-order valence-corrected chi connectivity index (χ2v) is 8.90. The molecule has 3 aliphatic rings. The van der Waals surface area contributed by atoms with Crippen molar-refractivity contribution >= 4 is 23.2 Å². The maximum atomic E-state index is 14.1. The van der Waals surface area contributed by atoms with Crippen LogP contribution >= 0.6 is 0 Å². The van der Waals surface area contributed by atoms with Crippen LogP contribution in [-0.2, 0) is 0 Å². The first-order valence-electron chi connectivity index (χ1n) is 11.5. The van der Waals surface area contributed by atoms with Crippen molar-refractivity contribution in [3.63, 3.8) is 0 Å². The third-order valence-corrected chi connectivity index (χ3v) is 7.04. The van der Waals surface area contributed by atoms with Crippen LogP contribution in [0.1, 0.15) is 46.4 Å². The highest BCUT2D eigenvalue weighted by Gasteiger charge is 2.37. The molecule has 0 aromatic heterocycles. The second-order valence-electron chi connectivity index (χ2n) is 8.90. The SMILES string of the molecule is CN1c2cc(C(=O)N3CCN(c4ccccc4F)CC3)ccc2C(=O)N2CCCCC[C@@H]21. The van der Waals surface area contributed by atoms with E-state index in [4.69, 9.17) is 0 Å². The van der Waals surface area contributed by atoms with Crippen LogP contribution in [0.25, 0.3) is 0 Å². The average Bonchev–Trinajstić information content (AvgIpc) is 3.09. The molecule has 168 valence electrons. The molecule has 3 heterocycles. The van der Waals surface area contributed by atoms with Crippen LogP contribution < -0.4 is 9.80 Å². The Bertz CT molecular complexity index is 1030. The van der Waals surface area contributed by atoms with E-state index in [9.17, 15) is 14.0 Å². The fourth-order valence-electron chi connectivity index (χ4n) is 5.22. The molecule has 2 amide bonds. The molecule has 2 aromatic rings. The molecule has 6 nitrogen and oxygen atoms in total. The van der Waals surface area contributed by atoms with Gasteiger partial charge in [-0.15, -0.1) is 0 Å². The third-order valence-electron chi connectivity index (χ3n) is 7.04. The smallest absolute Gasteiger partial charge is 0.257 e. The largest absolute Gasteiger partial charge is 0.366 e. The molecule has 3 aliphatic heterocycles. The van der Waals surface area contributed by atoms with Gasteiger partial charge in [0.15, 0.2) is 0 Å². The van der Waals surface area contributed by atoms with Crippen molar-refractivity contribution in [2.75, 3.05) is 49.6 Å². The summed E-state index contributed by atoms with van der Waals surface area (Å²) in [6.45, 7) is 3.05. The van der Waals surface area contributed by atoms with Crippen LogP contribution in [0.5, 0.6) is 0 Å². The van der Waals surface area contributed by atoms with Gasteiger partial charge >= 0.3 is 0 Å². The standard InChI is InChI=1S/C25H29FN4O2/c1-27-22-17-18(10-11-19(22)25(32)30-12-6-2-3-9-23(27)30)24(31)29-15-13-28(14-16-29)21-8-5-4-7-20(21)26/h4-5,7-8,10-11,17,23H,2-3,6,9,12-16H2,1H3/t23-/m1/s1. The molecule has 0 bridgehead atoms. The first kappa shape index (κ1) is 20.8. The molecule has 0 spiro atoms. The normalized spacial score (nSPS) is 21.2. The number of benzene rings is 2. The van der Waals surface area contributed by atoms with E-state index in [2.05, 4.69) is 4.90 Å². The summed E-state index contributed by atoms with van der Waals surface area (Å²) in [7, 11) is 2.02. The Balaban J connectivity index is 1.33. The van der Waals surface area contributed by atoms with Gasteiger partial charge in [-0.25, -0.2) is 4.39 Å². The topological polar surface area (TPSA) is 47.1 Å². The lowest BCUT2D eigenvalue weighted by Crippen LogP contribution is -2.53. The van der Waals surface area contributed by atoms with Gasteiger partial charge in [-0.1, -0.05) is 18.6 Å². The minimum Gasteiger partial charge on any atom is -0.366 e. The molecule has 2 aromatic carbocycles. The number of nitrogens with zero attached hydrogens (tertiary/aromatic N) is 4. The summed E-state index contributed by atoms with van der Waals surface area (Å²) in [5, 5.41) is 0. The highest BCUT2D eigenvalue weighted by molar-refractivity contribution is 6.04. The summed E-state index contributed by atoms with van der Waals surface area (Å²) in [6, 6.07) is 12.2. The number of hydrogen-bond acceptors (Lipinski definition) is 4. The molecule has 1 atom stereocenters. The second kappa shape index (κ2) is 8.45. The van der Waals surface area contributed by atoms with Gasteiger partial charge in [-0.05, 0) is 49.6 Å². The Hall–Kier alpha value is -3.09. The molecule has 0 N–H and O–H groups in total. The molecule has 0 radical (unpaired) electrons. The Kier molecular flexibility index (Phi) is 5.49. The quantitative estimate of drug-likeness (QED) is 0.722. The molecule has 0 saturated carbocycles. The summed E-state index contributed by atoms with van der Waals surface area (Å²) in [4.78, 5) is 34.3. The van der Waals surface area contributed by atoms with Crippen LogP contribution in [0.3, 0.4) is 0 Å². The predicted octanol–water partition coefficient (Wildman–Crippen LogP) is 3.58. The highest BCUT2D eigenvalue weighted by Crippen LogP contribution is 2.34. The number of carbonyl (C=O) groups is 2. The van der Waals surface area contributed by atoms with Crippen molar-refractivity contribution in [2.24, 2.45) is 0 Å². The van der Waals surface area contributed by atoms with E-state index in [0.29, 0.717) is 43.0 Å². The summed E-state index contributed by atoms with van der Waals surface area (Å²) >= 11 is 0. The van der Waals surface area contributed by atoms with Crippen molar-refractivity contribution in [2.45, 2.75) is 31.8 Å². The molecule has 32 heavy (non-hydrogen) atoms. The van der Waals surface area contributed by atoms with E-state index in [1.165, 1.54) is 6.07 Å². The van der Waals surface area contributed by atoms with Gasteiger partial charge in [0, 0.05) is 45.3 Å². The average molecular weight is 437 g/mol. The fourth-order valence-corrected chi connectivity index (χ4v) is 5.22. The minimum atomic E-state index is -0.234. The summed E-state index contributed by atoms with van der Waals surface area (Å²) in [6.07, 6.45) is 4.32. The molecule has 5 rings (SSSR count). The molecule has 0 unspecified atom stereocenters. The van der Waals surface area contributed by atoms with Crippen molar-refractivity contribution in [1.82, 2.24) is 9.80 Å². The van der Waals surface area contributed by atoms with Crippen molar-refractivity contribution < 1.29 is 14.0 Å². The van der Waals surface area contributed by atoms with Crippen LogP contribution in [0.4, 0.5) is 15.8 Å². The summed E-state index contributed by atoms with van der Waals surface area (Å²) in [5.74, 6) is -0.199. The Morgan fingerprint density at radius 2 is 1.72 bits per heavy atom. The number of hydrogen-bond donors (Lipinski definition) is 0. The molecule has 7 heteroatoms. The van der Waals surface area contributed by atoms with Gasteiger partial charge in [0.25, 0.3) is 11.8 Å². The van der Waals surface area contributed by atoms with E-state index < -0.39 is 0 Å². The molecule has 2 saturated heterocycles. The number of para-hydroxylation sites is 1. The zero-order valence-corrected chi connectivity index (χ0v) is 18.5. The first-order valence-corrected chi connectivity index (χ1v) is 11.5. The number of amides is 2. The third kappa shape index (κ3) is 3.59. The molecule has 2 fully saturated rings. The van der Waals surface area contributed by atoms with Gasteiger partial charge in [-0.2, -0.15) is 0 Å². The Labute approximate surface area is 188 Å². The van der Waals surface area contributed by atoms with Crippen molar-refractivity contribution in [3.05, 3.63) is 59.4 Å². The number of halogens is 1. The minimum absolute atomic E-state index is 0.0369. The number of anilines is 2. The zero-order valence-electron chi connectivity index (χ0n) is 18.5. The number of rotatable bonds is 2. The Morgan fingerprint density at radius 1 is 0.938 bits per heavy atom. The number of fused-ring (bicyclic) bond motifs is 2. The predicted molar refractivity (Wildman–Crippen MR) is 123 cm³/mol. The lowest BCUT2D eigenvalue weighted by Gasteiger charge is -2.43. The van der Waals surface area contributed by atoms with E-state index in [1.807, 2.05) is 33.9 Å². The van der Waals surface area contributed by atoms with Gasteiger partial charge in [0.05, 0.1) is 16.9 Å². The lowest BCUT2D eigenvalue weighted by atomic mass is 10.0. The highest BCUT2D eigenvalue weighted by atomic mass is 19.1. The summed E-state index contributed by atoms with van der Waals surface area (Å²) in [5.41, 5.74) is 2.70. The van der Waals surface area contributed by atoms with Crippen LogP contribution in [-0.4, -0.2) is 67.6 Å². The van der Waals surface area contributed by atoms with Gasteiger partial charge < -0.3 is 19.6 Å². The maximum absolute atomic E-state index is 14.1. The first-order chi connectivity index (χ1) is 15.5. The van der Waals surface area contributed by atoms with Gasteiger partial charge in [0.1, 0.15) is 12.0 Å². The number of piperazine rings is 1. The fraction of sp³-hybridized carbons (Fsp3) is 0.440. The molecular formula is C25H29FN4O2. The maximum Gasteiger partial charge on any atom is 0.257 e.